The van der Waals surface area contributed by atoms with Crippen molar-refractivity contribution < 1.29 is 13.2 Å². The summed E-state index contributed by atoms with van der Waals surface area (Å²) in [4.78, 5) is 4.02. The van der Waals surface area contributed by atoms with Gasteiger partial charge in [0.2, 0.25) is 0 Å². The van der Waals surface area contributed by atoms with Crippen molar-refractivity contribution in [2.75, 3.05) is 11.1 Å². The molecular weight excluding hydrogens is 255 g/mol. The van der Waals surface area contributed by atoms with Crippen molar-refractivity contribution in [3.63, 3.8) is 0 Å². The molecule has 19 heavy (non-hydrogen) atoms. The maximum Gasteiger partial charge on any atom is 0.418 e. The van der Waals surface area contributed by atoms with E-state index in [9.17, 15) is 13.2 Å². The van der Waals surface area contributed by atoms with Crippen LogP contribution < -0.4 is 11.1 Å². The van der Waals surface area contributed by atoms with Gasteiger partial charge < -0.3 is 11.1 Å². The van der Waals surface area contributed by atoms with E-state index in [1.807, 2.05) is 0 Å². The molecule has 2 rings (SSSR count). The summed E-state index contributed by atoms with van der Waals surface area (Å²) in [5.41, 5.74) is 6.02. The molecule has 100 valence electrons. The molecular formula is C13H12F3N3. The molecule has 0 atom stereocenters. The van der Waals surface area contributed by atoms with Crippen molar-refractivity contribution in [2.45, 2.75) is 12.7 Å². The minimum Gasteiger partial charge on any atom is -0.399 e. The molecule has 3 N–H and O–H groups in total. The van der Waals surface area contributed by atoms with Gasteiger partial charge in [0.05, 0.1) is 17.8 Å². The second-order valence-electron chi connectivity index (χ2n) is 3.98. The van der Waals surface area contributed by atoms with E-state index in [2.05, 4.69) is 10.3 Å². The highest BCUT2D eigenvalue weighted by molar-refractivity contribution is 5.53. The van der Waals surface area contributed by atoms with Crippen molar-refractivity contribution in [3.05, 3.63) is 53.9 Å². The van der Waals surface area contributed by atoms with E-state index in [4.69, 9.17) is 5.73 Å². The fourth-order valence-electron chi connectivity index (χ4n) is 1.66. The average Bonchev–Trinajstić information content (AvgIpc) is 2.36. The molecule has 1 aromatic carbocycles. The summed E-state index contributed by atoms with van der Waals surface area (Å²) in [5, 5.41) is 2.73. The number of aromatic nitrogens is 1. The first-order valence-electron chi connectivity index (χ1n) is 5.57. The van der Waals surface area contributed by atoms with Gasteiger partial charge in [-0.3, -0.25) is 4.98 Å². The lowest BCUT2D eigenvalue weighted by Crippen LogP contribution is -2.11. The third kappa shape index (κ3) is 3.37. The van der Waals surface area contributed by atoms with Gasteiger partial charge in [-0.2, -0.15) is 13.2 Å². The zero-order chi connectivity index (χ0) is 13.9. The second kappa shape index (κ2) is 5.17. The van der Waals surface area contributed by atoms with Crippen LogP contribution in [-0.4, -0.2) is 4.98 Å². The highest BCUT2D eigenvalue weighted by Gasteiger charge is 2.32. The highest BCUT2D eigenvalue weighted by atomic mass is 19.4. The normalized spacial score (nSPS) is 11.3. The number of nitrogens with one attached hydrogen (secondary N) is 1. The molecule has 0 spiro atoms. The topological polar surface area (TPSA) is 50.9 Å². The maximum absolute atomic E-state index is 12.8. The van der Waals surface area contributed by atoms with Gasteiger partial charge >= 0.3 is 6.18 Å². The fraction of sp³-hybridized carbons (Fsp3) is 0.154. The number of alkyl halides is 3. The molecule has 0 fully saturated rings. The van der Waals surface area contributed by atoms with Crippen LogP contribution >= 0.6 is 0 Å². The Bertz CT molecular complexity index is 567. The van der Waals surface area contributed by atoms with E-state index in [1.165, 1.54) is 18.3 Å². The SMILES string of the molecule is Nc1ccnc(CNc2ccccc2C(F)(F)F)c1. The minimum absolute atomic E-state index is 0.0271. The van der Waals surface area contributed by atoms with E-state index in [-0.39, 0.29) is 12.2 Å². The van der Waals surface area contributed by atoms with E-state index in [0.717, 1.165) is 6.07 Å². The van der Waals surface area contributed by atoms with Crippen LogP contribution in [0.2, 0.25) is 0 Å². The zero-order valence-electron chi connectivity index (χ0n) is 9.91. The Morgan fingerprint density at radius 3 is 2.58 bits per heavy atom. The monoisotopic (exact) mass is 267 g/mol. The number of nitrogens with two attached hydrogens (primary N) is 1. The minimum atomic E-state index is -4.38. The van der Waals surface area contributed by atoms with Crippen LogP contribution in [0.4, 0.5) is 24.5 Å². The first-order chi connectivity index (χ1) is 8.97. The fourth-order valence-corrected chi connectivity index (χ4v) is 1.66. The second-order valence-corrected chi connectivity index (χ2v) is 3.98. The predicted molar refractivity (Wildman–Crippen MR) is 67.4 cm³/mol. The van der Waals surface area contributed by atoms with Crippen LogP contribution in [0.25, 0.3) is 0 Å². The number of rotatable bonds is 3. The third-order valence-corrected chi connectivity index (χ3v) is 2.53. The van der Waals surface area contributed by atoms with Gasteiger partial charge in [-0.05, 0) is 24.3 Å². The summed E-state index contributed by atoms with van der Waals surface area (Å²) in [7, 11) is 0. The molecule has 1 aromatic heterocycles. The predicted octanol–water partition coefficient (Wildman–Crippen LogP) is 3.29. The molecule has 2 aromatic rings. The van der Waals surface area contributed by atoms with E-state index in [0.29, 0.717) is 11.4 Å². The molecule has 0 unspecified atom stereocenters. The smallest absolute Gasteiger partial charge is 0.399 e. The van der Waals surface area contributed by atoms with Crippen LogP contribution in [0.1, 0.15) is 11.3 Å². The zero-order valence-corrected chi connectivity index (χ0v) is 9.91. The molecule has 0 saturated heterocycles. The Hall–Kier alpha value is -2.24. The molecule has 0 aliphatic rings. The van der Waals surface area contributed by atoms with Gasteiger partial charge in [0, 0.05) is 17.6 Å². The number of nitrogens with zero attached hydrogens (tertiary/aromatic N) is 1. The summed E-state index contributed by atoms with van der Waals surface area (Å²) in [5.74, 6) is 0. The Morgan fingerprint density at radius 2 is 1.89 bits per heavy atom. The number of para-hydroxylation sites is 1. The van der Waals surface area contributed by atoms with Crippen LogP contribution in [0.5, 0.6) is 0 Å². The lowest BCUT2D eigenvalue weighted by atomic mass is 10.1. The van der Waals surface area contributed by atoms with Crippen LogP contribution in [0.15, 0.2) is 42.6 Å². The number of benzene rings is 1. The molecule has 0 amide bonds. The van der Waals surface area contributed by atoms with E-state index >= 15 is 0 Å². The van der Waals surface area contributed by atoms with Crippen LogP contribution in [0, 0.1) is 0 Å². The third-order valence-electron chi connectivity index (χ3n) is 2.53. The lowest BCUT2D eigenvalue weighted by molar-refractivity contribution is -0.136. The molecule has 0 bridgehead atoms. The highest BCUT2D eigenvalue weighted by Crippen LogP contribution is 2.34. The Morgan fingerprint density at radius 1 is 1.16 bits per heavy atom. The van der Waals surface area contributed by atoms with Crippen LogP contribution in [-0.2, 0) is 12.7 Å². The Kier molecular flexibility index (Phi) is 3.59. The van der Waals surface area contributed by atoms with Gasteiger partial charge in [-0.25, -0.2) is 0 Å². The summed E-state index contributed by atoms with van der Waals surface area (Å²) >= 11 is 0. The standard InChI is InChI=1S/C13H12F3N3/c14-13(15,16)11-3-1-2-4-12(11)19-8-10-7-9(17)5-6-18-10/h1-7,19H,8H2,(H2,17,18). The number of anilines is 2. The molecule has 1 heterocycles. The number of pyridine rings is 1. The van der Waals surface area contributed by atoms with Crippen molar-refractivity contribution >= 4 is 11.4 Å². The summed E-state index contributed by atoms with van der Waals surface area (Å²) in [6.07, 6.45) is -2.87. The largest absolute Gasteiger partial charge is 0.418 e. The molecule has 0 radical (unpaired) electrons. The molecule has 0 aliphatic heterocycles. The van der Waals surface area contributed by atoms with Gasteiger partial charge in [-0.15, -0.1) is 0 Å². The van der Waals surface area contributed by atoms with Crippen molar-refractivity contribution in [1.29, 1.82) is 0 Å². The molecule has 3 nitrogen and oxygen atoms in total. The lowest BCUT2D eigenvalue weighted by Gasteiger charge is -2.14. The van der Waals surface area contributed by atoms with Gasteiger partial charge in [-0.1, -0.05) is 12.1 Å². The Labute approximate surface area is 108 Å². The first kappa shape index (κ1) is 13.2. The van der Waals surface area contributed by atoms with Crippen molar-refractivity contribution in [1.82, 2.24) is 4.98 Å². The number of hydrogen-bond donors (Lipinski definition) is 2. The number of halogens is 3. The summed E-state index contributed by atoms with van der Waals surface area (Å²) in [6, 6.07) is 8.55. The quantitative estimate of drug-likeness (QED) is 0.897. The Balaban J connectivity index is 2.16. The van der Waals surface area contributed by atoms with Crippen LogP contribution in [0.3, 0.4) is 0 Å². The number of nitrogen functional groups attached to an aromatic ring is 1. The number of hydrogen-bond acceptors (Lipinski definition) is 3. The van der Waals surface area contributed by atoms with Crippen molar-refractivity contribution in [2.24, 2.45) is 0 Å². The summed E-state index contributed by atoms with van der Waals surface area (Å²) < 4.78 is 38.3. The van der Waals surface area contributed by atoms with E-state index < -0.39 is 11.7 Å². The first-order valence-corrected chi connectivity index (χ1v) is 5.57. The van der Waals surface area contributed by atoms with Gasteiger partial charge in [0.1, 0.15) is 0 Å². The maximum atomic E-state index is 12.8. The van der Waals surface area contributed by atoms with Gasteiger partial charge in [0.15, 0.2) is 0 Å². The molecule has 0 aliphatic carbocycles. The van der Waals surface area contributed by atoms with Crippen molar-refractivity contribution in [3.8, 4) is 0 Å². The van der Waals surface area contributed by atoms with Gasteiger partial charge in [0.25, 0.3) is 0 Å². The van der Waals surface area contributed by atoms with E-state index in [1.54, 1.807) is 18.2 Å². The summed E-state index contributed by atoms with van der Waals surface area (Å²) in [6.45, 7) is 0.179. The average molecular weight is 267 g/mol. The molecule has 0 saturated carbocycles. The molecule has 6 heteroatoms.